The molecular weight excluding hydrogens is 280 g/mol. The molecule has 0 unspecified atom stereocenters. The van der Waals surface area contributed by atoms with Crippen molar-refractivity contribution in [1.82, 2.24) is 5.32 Å². The Hall–Kier alpha value is -2.01. The first-order valence-corrected chi connectivity index (χ1v) is 6.43. The lowest BCUT2D eigenvalue weighted by Gasteiger charge is -2.13. The fraction of sp³-hybridized carbons (Fsp3) is 0.286. The van der Waals surface area contributed by atoms with Crippen molar-refractivity contribution in [3.63, 3.8) is 0 Å². The van der Waals surface area contributed by atoms with Gasteiger partial charge >= 0.3 is 5.97 Å². The van der Waals surface area contributed by atoms with Crippen molar-refractivity contribution in [1.29, 1.82) is 0 Å². The first-order valence-electron chi connectivity index (χ1n) is 6.05. The van der Waals surface area contributed by atoms with Crippen LogP contribution in [0.25, 0.3) is 0 Å². The summed E-state index contributed by atoms with van der Waals surface area (Å²) in [5.74, 6) is -0.999. The van der Waals surface area contributed by atoms with E-state index >= 15 is 0 Å². The first-order chi connectivity index (χ1) is 9.42. The Morgan fingerprint density at radius 1 is 1.25 bits per heavy atom. The molecule has 1 amide bonds. The highest BCUT2D eigenvalue weighted by Crippen LogP contribution is 2.15. The zero-order chi connectivity index (χ0) is 15.1. The number of nitrogens with one attached hydrogen (secondary N) is 2. The van der Waals surface area contributed by atoms with Crippen LogP contribution in [0.3, 0.4) is 0 Å². The monoisotopic (exact) mass is 296 g/mol. The highest BCUT2D eigenvalue weighted by Gasteiger charge is 2.13. The minimum Gasteiger partial charge on any atom is -0.466 e. The van der Waals surface area contributed by atoms with E-state index in [4.69, 9.17) is 11.6 Å². The molecule has 1 aromatic carbocycles. The largest absolute Gasteiger partial charge is 0.466 e. The number of anilines is 1. The fourth-order valence-electron chi connectivity index (χ4n) is 1.36. The molecule has 108 valence electrons. The van der Waals surface area contributed by atoms with Gasteiger partial charge in [0.25, 0.3) is 5.91 Å². The number of ether oxygens (including phenoxy) is 1. The molecular formula is C14H17ClN2O3. The van der Waals surface area contributed by atoms with E-state index in [1.54, 1.807) is 24.3 Å². The van der Waals surface area contributed by atoms with Crippen LogP contribution in [0, 0.1) is 0 Å². The number of amides is 1. The number of methoxy groups -OCH3 is 1. The van der Waals surface area contributed by atoms with Crippen LogP contribution < -0.4 is 10.6 Å². The average molecular weight is 297 g/mol. The molecule has 0 aliphatic carbocycles. The first kappa shape index (κ1) is 16.0. The maximum absolute atomic E-state index is 12.0. The van der Waals surface area contributed by atoms with Crippen LogP contribution in [-0.2, 0) is 14.3 Å². The molecule has 0 fully saturated rings. The molecule has 0 bridgehead atoms. The quantitative estimate of drug-likeness (QED) is 0.646. The van der Waals surface area contributed by atoms with Crippen LogP contribution in [0.1, 0.15) is 13.8 Å². The Labute approximate surface area is 123 Å². The summed E-state index contributed by atoms with van der Waals surface area (Å²) in [6.45, 7) is 3.66. The van der Waals surface area contributed by atoms with Gasteiger partial charge in [-0.25, -0.2) is 4.79 Å². The summed E-state index contributed by atoms with van der Waals surface area (Å²) in [5.41, 5.74) is 0.747. The van der Waals surface area contributed by atoms with E-state index in [0.29, 0.717) is 10.7 Å². The number of hydrogen-bond acceptors (Lipinski definition) is 4. The minimum absolute atomic E-state index is 0.0458. The summed E-state index contributed by atoms with van der Waals surface area (Å²) < 4.78 is 4.54. The van der Waals surface area contributed by atoms with Crippen molar-refractivity contribution >= 4 is 29.2 Å². The molecule has 0 atom stereocenters. The van der Waals surface area contributed by atoms with Gasteiger partial charge < -0.3 is 15.4 Å². The van der Waals surface area contributed by atoms with Crippen LogP contribution in [0.4, 0.5) is 5.69 Å². The van der Waals surface area contributed by atoms with Crippen LogP contribution >= 0.6 is 11.6 Å². The highest BCUT2D eigenvalue weighted by atomic mass is 35.5. The van der Waals surface area contributed by atoms with E-state index in [2.05, 4.69) is 15.4 Å². The van der Waals surface area contributed by atoms with E-state index < -0.39 is 5.97 Å². The molecule has 1 rings (SSSR count). The van der Waals surface area contributed by atoms with Gasteiger partial charge in [0.05, 0.1) is 13.2 Å². The third-order valence-corrected chi connectivity index (χ3v) is 2.50. The van der Waals surface area contributed by atoms with Crippen LogP contribution in [0.5, 0.6) is 0 Å². The van der Waals surface area contributed by atoms with Gasteiger partial charge in [-0.3, -0.25) is 4.79 Å². The zero-order valence-electron chi connectivity index (χ0n) is 11.6. The molecule has 0 aliphatic rings. The standard InChI is InChI=1S/C14H17ClN2O3/c1-9(2)16-14(19)12(8-13(18)20-3)17-11-6-4-10(15)5-7-11/h4-9,17H,1-3H3,(H,16,19)/b12-8-. The van der Waals surface area contributed by atoms with Gasteiger partial charge in [-0.1, -0.05) is 11.6 Å². The maximum atomic E-state index is 12.0. The summed E-state index contributed by atoms with van der Waals surface area (Å²) in [6, 6.07) is 6.72. The van der Waals surface area contributed by atoms with E-state index in [1.807, 2.05) is 13.8 Å². The number of carbonyl (C=O) groups excluding carboxylic acids is 2. The van der Waals surface area contributed by atoms with E-state index in [-0.39, 0.29) is 17.6 Å². The van der Waals surface area contributed by atoms with Crippen molar-refractivity contribution < 1.29 is 14.3 Å². The molecule has 0 radical (unpaired) electrons. The number of halogens is 1. The Morgan fingerprint density at radius 3 is 2.35 bits per heavy atom. The average Bonchev–Trinajstić information content (AvgIpc) is 2.39. The molecule has 0 spiro atoms. The molecule has 0 aromatic heterocycles. The number of benzene rings is 1. The smallest absolute Gasteiger partial charge is 0.332 e. The van der Waals surface area contributed by atoms with Gasteiger partial charge in [0.2, 0.25) is 0 Å². The van der Waals surface area contributed by atoms with Crippen molar-refractivity contribution in [2.75, 3.05) is 12.4 Å². The third kappa shape index (κ3) is 5.32. The number of carbonyl (C=O) groups is 2. The molecule has 0 aliphatic heterocycles. The molecule has 2 N–H and O–H groups in total. The lowest BCUT2D eigenvalue weighted by Crippen LogP contribution is -2.34. The Bertz CT molecular complexity index is 510. The Morgan fingerprint density at radius 2 is 1.85 bits per heavy atom. The second kappa shape index (κ2) is 7.55. The topological polar surface area (TPSA) is 67.4 Å². The van der Waals surface area contributed by atoms with Crippen LogP contribution in [0.15, 0.2) is 36.0 Å². The molecule has 6 heteroatoms. The number of esters is 1. The van der Waals surface area contributed by atoms with Crippen LogP contribution in [-0.4, -0.2) is 25.0 Å². The molecule has 5 nitrogen and oxygen atoms in total. The summed E-state index contributed by atoms with van der Waals surface area (Å²) in [7, 11) is 1.25. The molecule has 0 saturated heterocycles. The summed E-state index contributed by atoms with van der Waals surface area (Å²) in [5, 5.41) is 6.15. The predicted molar refractivity (Wildman–Crippen MR) is 78.5 cm³/mol. The second-order valence-corrected chi connectivity index (χ2v) is 4.78. The van der Waals surface area contributed by atoms with Crippen LogP contribution in [0.2, 0.25) is 5.02 Å². The second-order valence-electron chi connectivity index (χ2n) is 4.34. The zero-order valence-corrected chi connectivity index (χ0v) is 12.3. The highest BCUT2D eigenvalue weighted by molar-refractivity contribution is 6.30. The van der Waals surface area contributed by atoms with Crippen molar-refractivity contribution in [2.45, 2.75) is 19.9 Å². The predicted octanol–water partition coefficient (Wildman–Crippen LogP) is 2.33. The van der Waals surface area contributed by atoms with E-state index in [9.17, 15) is 9.59 Å². The molecule has 0 heterocycles. The number of rotatable bonds is 5. The fourth-order valence-corrected chi connectivity index (χ4v) is 1.49. The Kier molecular flexibility index (Phi) is 6.06. The van der Waals surface area contributed by atoms with Gasteiger partial charge in [-0.05, 0) is 38.1 Å². The van der Waals surface area contributed by atoms with Gasteiger partial charge in [0.1, 0.15) is 5.70 Å². The normalized spacial score (nSPS) is 11.2. The van der Waals surface area contributed by atoms with E-state index in [1.165, 1.54) is 7.11 Å². The SMILES string of the molecule is COC(=O)/C=C(\Nc1ccc(Cl)cc1)C(=O)NC(C)C. The van der Waals surface area contributed by atoms with Gasteiger partial charge in [0, 0.05) is 16.8 Å². The van der Waals surface area contributed by atoms with Crippen molar-refractivity contribution in [3.8, 4) is 0 Å². The van der Waals surface area contributed by atoms with Gasteiger partial charge in [-0.15, -0.1) is 0 Å². The Balaban J connectivity index is 2.93. The lowest BCUT2D eigenvalue weighted by atomic mass is 10.2. The van der Waals surface area contributed by atoms with Gasteiger partial charge in [-0.2, -0.15) is 0 Å². The summed E-state index contributed by atoms with van der Waals surface area (Å²) >= 11 is 5.79. The van der Waals surface area contributed by atoms with Gasteiger partial charge in [0.15, 0.2) is 0 Å². The van der Waals surface area contributed by atoms with Crippen molar-refractivity contribution in [3.05, 3.63) is 41.1 Å². The molecule has 20 heavy (non-hydrogen) atoms. The number of hydrogen-bond donors (Lipinski definition) is 2. The minimum atomic E-state index is -0.611. The summed E-state index contributed by atoms with van der Waals surface area (Å²) in [4.78, 5) is 23.3. The molecule has 1 aromatic rings. The lowest BCUT2D eigenvalue weighted by molar-refractivity contribution is -0.135. The molecule has 0 saturated carbocycles. The van der Waals surface area contributed by atoms with E-state index in [0.717, 1.165) is 6.08 Å². The van der Waals surface area contributed by atoms with Crippen molar-refractivity contribution in [2.24, 2.45) is 0 Å². The summed E-state index contributed by atoms with van der Waals surface area (Å²) in [6.07, 6.45) is 1.10. The third-order valence-electron chi connectivity index (χ3n) is 2.25. The maximum Gasteiger partial charge on any atom is 0.332 e.